The highest BCUT2D eigenvalue weighted by Gasteiger charge is 2.14. The zero-order chi connectivity index (χ0) is 12.0. The van der Waals surface area contributed by atoms with Gasteiger partial charge in [0, 0.05) is 0 Å². The van der Waals surface area contributed by atoms with Crippen molar-refractivity contribution in [2.75, 3.05) is 0 Å². The van der Waals surface area contributed by atoms with E-state index in [-0.39, 0.29) is 0 Å². The summed E-state index contributed by atoms with van der Waals surface area (Å²) >= 11 is 3.49. The molecule has 0 atom stereocenters. The molecule has 3 rings (SSSR count). The van der Waals surface area contributed by atoms with Gasteiger partial charge in [0.15, 0.2) is 5.58 Å². The van der Waals surface area contributed by atoms with E-state index in [1.54, 1.807) is 4.68 Å². The van der Waals surface area contributed by atoms with Crippen molar-refractivity contribution in [2.24, 2.45) is 0 Å². The molecule has 0 N–H and O–H groups in total. The summed E-state index contributed by atoms with van der Waals surface area (Å²) in [6, 6.07) is 8.17. The van der Waals surface area contributed by atoms with Crippen molar-refractivity contribution in [1.29, 1.82) is 0 Å². The molecule has 0 radical (unpaired) electrons. The largest absolute Gasteiger partial charge is 0.422 e. The Hall–Kier alpha value is -1.62. The predicted octanol–water partition coefficient (Wildman–Crippen LogP) is 3.39. The van der Waals surface area contributed by atoms with Crippen LogP contribution in [0, 0.1) is 13.8 Å². The number of nitrogens with zero attached hydrogens (tertiary/aromatic N) is 3. The Morgan fingerprint density at radius 2 is 2.00 bits per heavy atom. The number of rotatable bonds is 1. The summed E-state index contributed by atoms with van der Waals surface area (Å²) in [6.45, 7) is 3.91. The Labute approximate surface area is 106 Å². The molecule has 0 fully saturated rings. The summed E-state index contributed by atoms with van der Waals surface area (Å²) in [5.74, 6) is 0. The topological polar surface area (TPSA) is 43.9 Å². The van der Waals surface area contributed by atoms with Crippen LogP contribution in [0.1, 0.15) is 11.4 Å². The molecule has 0 saturated heterocycles. The van der Waals surface area contributed by atoms with Gasteiger partial charge in [-0.3, -0.25) is 0 Å². The first-order valence-corrected chi connectivity index (χ1v) is 6.04. The molecular formula is C12H10BrN3O. The first-order valence-electron chi connectivity index (χ1n) is 5.24. The smallest absolute Gasteiger partial charge is 0.324 e. The molecule has 4 nitrogen and oxygen atoms in total. The Morgan fingerprint density at radius 3 is 2.65 bits per heavy atom. The van der Waals surface area contributed by atoms with Gasteiger partial charge in [0.1, 0.15) is 5.52 Å². The number of oxazole rings is 1. The number of hydrogen-bond donors (Lipinski definition) is 0. The van der Waals surface area contributed by atoms with E-state index in [1.807, 2.05) is 38.1 Å². The lowest BCUT2D eigenvalue weighted by Gasteiger charge is -1.96. The van der Waals surface area contributed by atoms with Crippen molar-refractivity contribution in [3.05, 3.63) is 40.1 Å². The van der Waals surface area contributed by atoms with Crippen LogP contribution in [0.15, 0.2) is 33.2 Å². The van der Waals surface area contributed by atoms with E-state index in [9.17, 15) is 0 Å². The highest BCUT2D eigenvalue weighted by molar-refractivity contribution is 9.10. The third-order valence-corrected chi connectivity index (χ3v) is 3.81. The van der Waals surface area contributed by atoms with Crippen molar-refractivity contribution < 1.29 is 4.42 Å². The summed E-state index contributed by atoms with van der Waals surface area (Å²) in [6.07, 6.45) is 0. The summed E-state index contributed by atoms with van der Waals surface area (Å²) < 4.78 is 8.37. The second-order valence-electron chi connectivity index (χ2n) is 3.86. The van der Waals surface area contributed by atoms with Crippen LogP contribution in [0.25, 0.3) is 17.1 Å². The van der Waals surface area contributed by atoms with Crippen LogP contribution < -0.4 is 0 Å². The zero-order valence-corrected chi connectivity index (χ0v) is 11.0. The number of para-hydroxylation sites is 2. The summed E-state index contributed by atoms with van der Waals surface area (Å²) in [4.78, 5) is 4.41. The van der Waals surface area contributed by atoms with E-state index in [1.165, 1.54) is 0 Å². The highest BCUT2D eigenvalue weighted by atomic mass is 79.9. The van der Waals surface area contributed by atoms with Crippen LogP contribution in [0.5, 0.6) is 0 Å². The molecule has 2 aromatic heterocycles. The molecule has 0 saturated carbocycles. The summed E-state index contributed by atoms with van der Waals surface area (Å²) in [5, 5.41) is 4.39. The molecule has 0 amide bonds. The van der Waals surface area contributed by atoms with Crippen molar-refractivity contribution in [2.45, 2.75) is 13.8 Å². The second kappa shape index (κ2) is 3.70. The number of aromatic nitrogens is 3. The Balaban J connectivity index is 2.23. The van der Waals surface area contributed by atoms with E-state index < -0.39 is 0 Å². The fourth-order valence-electron chi connectivity index (χ4n) is 1.76. The molecule has 0 aliphatic carbocycles. The van der Waals surface area contributed by atoms with Gasteiger partial charge in [-0.2, -0.15) is 14.8 Å². The lowest BCUT2D eigenvalue weighted by Crippen LogP contribution is -1.98. The molecule has 17 heavy (non-hydrogen) atoms. The van der Waals surface area contributed by atoms with Gasteiger partial charge < -0.3 is 4.42 Å². The maximum Gasteiger partial charge on any atom is 0.324 e. The van der Waals surface area contributed by atoms with Crippen LogP contribution >= 0.6 is 15.9 Å². The number of benzene rings is 1. The zero-order valence-electron chi connectivity index (χ0n) is 9.44. The highest BCUT2D eigenvalue weighted by Crippen LogP contribution is 2.24. The number of hydrogen-bond acceptors (Lipinski definition) is 3. The second-order valence-corrected chi connectivity index (χ2v) is 4.65. The van der Waals surface area contributed by atoms with Crippen LogP contribution in [0.2, 0.25) is 0 Å². The molecule has 2 heterocycles. The number of halogens is 1. The number of fused-ring (bicyclic) bond motifs is 1. The van der Waals surface area contributed by atoms with Gasteiger partial charge in [0.25, 0.3) is 0 Å². The Bertz CT molecular complexity index is 666. The van der Waals surface area contributed by atoms with E-state index >= 15 is 0 Å². The van der Waals surface area contributed by atoms with Gasteiger partial charge >= 0.3 is 6.01 Å². The van der Waals surface area contributed by atoms with Gasteiger partial charge in [-0.1, -0.05) is 12.1 Å². The minimum atomic E-state index is 0.498. The molecule has 5 heteroatoms. The summed E-state index contributed by atoms with van der Waals surface area (Å²) in [7, 11) is 0. The lowest BCUT2D eigenvalue weighted by atomic mass is 10.3. The maximum absolute atomic E-state index is 5.67. The molecule has 0 unspecified atom stereocenters. The van der Waals surface area contributed by atoms with Gasteiger partial charge in [0.05, 0.1) is 15.9 Å². The number of aryl methyl sites for hydroxylation is 1. The van der Waals surface area contributed by atoms with Crippen LogP contribution in [0.4, 0.5) is 0 Å². The standard InChI is InChI=1S/C12H10BrN3O/c1-7-11(13)8(2)16(15-7)12-14-9-5-3-4-6-10(9)17-12/h3-6H,1-2H3. The SMILES string of the molecule is Cc1nn(-c2nc3ccccc3o2)c(C)c1Br. The monoisotopic (exact) mass is 291 g/mol. The third-order valence-electron chi connectivity index (χ3n) is 2.67. The van der Waals surface area contributed by atoms with E-state index in [4.69, 9.17) is 4.42 Å². The van der Waals surface area contributed by atoms with Crippen LogP contribution in [-0.4, -0.2) is 14.8 Å². The predicted molar refractivity (Wildman–Crippen MR) is 68.3 cm³/mol. The first kappa shape index (κ1) is 10.5. The van der Waals surface area contributed by atoms with Crippen molar-refractivity contribution in [1.82, 2.24) is 14.8 Å². The van der Waals surface area contributed by atoms with Crippen molar-refractivity contribution in [3.8, 4) is 6.01 Å². The fourth-order valence-corrected chi connectivity index (χ4v) is 2.01. The molecule has 86 valence electrons. The van der Waals surface area contributed by atoms with Gasteiger partial charge in [-0.05, 0) is 41.9 Å². The molecular weight excluding hydrogens is 282 g/mol. The molecule has 0 aliphatic heterocycles. The molecule has 0 aliphatic rings. The average Bonchev–Trinajstić information content (AvgIpc) is 2.86. The minimum absolute atomic E-state index is 0.498. The maximum atomic E-state index is 5.67. The Morgan fingerprint density at radius 1 is 1.24 bits per heavy atom. The van der Waals surface area contributed by atoms with Crippen molar-refractivity contribution >= 4 is 27.0 Å². The first-order chi connectivity index (χ1) is 8.16. The fraction of sp³-hybridized carbons (Fsp3) is 0.167. The van der Waals surface area contributed by atoms with Gasteiger partial charge in [-0.25, -0.2) is 0 Å². The average molecular weight is 292 g/mol. The normalized spacial score (nSPS) is 11.2. The molecule has 3 aromatic rings. The van der Waals surface area contributed by atoms with Crippen LogP contribution in [0.3, 0.4) is 0 Å². The molecule has 0 bridgehead atoms. The third kappa shape index (κ3) is 1.58. The molecule has 1 aromatic carbocycles. The van der Waals surface area contributed by atoms with Crippen LogP contribution in [-0.2, 0) is 0 Å². The summed E-state index contributed by atoms with van der Waals surface area (Å²) in [5.41, 5.74) is 3.51. The van der Waals surface area contributed by atoms with Gasteiger partial charge in [-0.15, -0.1) is 0 Å². The quantitative estimate of drug-likeness (QED) is 0.690. The van der Waals surface area contributed by atoms with E-state index in [0.717, 1.165) is 27.0 Å². The molecule has 0 spiro atoms. The lowest BCUT2D eigenvalue weighted by molar-refractivity contribution is 0.536. The minimum Gasteiger partial charge on any atom is -0.422 e. The van der Waals surface area contributed by atoms with Crippen molar-refractivity contribution in [3.63, 3.8) is 0 Å². The van der Waals surface area contributed by atoms with E-state index in [2.05, 4.69) is 26.0 Å². The van der Waals surface area contributed by atoms with Gasteiger partial charge in [0.2, 0.25) is 0 Å². The Kier molecular flexibility index (Phi) is 2.29. The van der Waals surface area contributed by atoms with E-state index in [0.29, 0.717) is 6.01 Å².